The Morgan fingerprint density at radius 2 is 1.88 bits per heavy atom. The molecule has 25 heavy (non-hydrogen) atoms. The fourth-order valence-corrected chi connectivity index (χ4v) is 3.87. The highest BCUT2D eigenvalue weighted by molar-refractivity contribution is 7.18. The van der Waals surface area contributed by atoms with Crippen molar-refractivity contribution in [3.8, 4) is 0 Å². The normalized spacial score (nSPS) is 11.3. The second kappa shape index (κ2) is 7.03. The minimum absolute atomic E-state index is 0.131. The summed E-state index contributed by atoms with van der Waals surface area (Å²) in [5.74, 6) is 0. The van der Waals surface area contributed by atoms with Crippen molar-refractivity contribution in [2.24, 2.45) is 0 Å². The number of nitro groups is 1. The highest BCUT2D eigenvalue weighted by Crippen LogP contribution is 2.26. The number of nitrogens with zero attached hydrogens (tertiary/aromatic N) is 3. The van der Waals surface area contributed by atoms with Crippen molar-refractivity contribution in [2.75, 3.05) is 19.0 Å². The molecule has 1 aromatic heterocycles. The Morgan fingerprint density at radius 3 is 2.48 bits per heavy atom. The molecule has 0 spiro atoms. The maximum absolute atomic E-state index is 11.0. The Kier molecular flexibility index (Phi) is 4.81. The molecule has 0 saturated carbocycles. The van der Waals surface area contributed by atoms with Gasteiger partial charge in [0.15, 0.2) is 0 Å². The lowest BCUT2D eigenvalue weighted by Crippen LogP contribution is -2.33. The van der Waals surface area contributed by atoms with Gasteiger partial charge in [0.1, 0.15) is 11.2 Å². The van der Waals surface area contributed by atoms with Gasteiger partial charge in [-0.2, -0.15) is 4.57 Å². The van der Waals surface area contributed by atoms with Crippen molar-refractivity contribution >= 4 is 45.1 Å². The zero-order valence-electron chi connectivity index (χ0n) is 14.5. The molecule has 0 aliphatic heterocycles. The molecule has 0 radical (unpaired) electrons. The van der Waals surface area contributed by atoms with Gasteiger partial charge in [-0.1, -0.05) is 23.5 Å². The molecule has 6 heteroatoms. The summed E-state index contributed by atoms with van der Waals surface area (Å²) in [6.07, 6.45) is 4.15. The van der Waals surface area contributed by atoms with Gasteiger partial charge in [-0.05, 0) is 30.7 Å². The van der Waals surface area contributed by atoms with E-state index in [-0.39, 0.29) is 10.6 Å². The van der Waals surface area contributed by atoms with Gasteiger partial charge in [0.25, 0.3) is 10.7 Å². The molecule has 1 heterocycles. The first-order chi connectivity index (χ1) is 12.0. The molecule has 3 aromatic rings. The van der Waals surface area contributed by atoms with E-state index in [0.29, 0.717) is 0 Å². The SMILES string of the molecule is CC[n+]1c(C=Cc2ccc(N(C)C)cc2)sc2cc([N+](=O)[O-])ccc21. The van der Waals surface area contributed by atoms with Crippen molar-refractivity contribution in [1.82, 2.24) is 0 Å². The van der Waals surface area contributed by atoms with Gasteiger partial charge in [0.2, 0.25) is 5.52 Å². The Hall–Kier alpha value is -2.73. The molecule has 5 nitrogen and oxygen atoms in total. The van der Waals surface area contributed by atoms with Gasteiger partial charge in [-0.25, -0.2) is 0 Å². The number of benzene rings is 2. The van der Waals surface area contributed by atoms with Crippen LogP contribution < -0.4 is 9.47 Å². The topological polar surface area (TPSA) is 50.3 Å². The van der Waals surface area contributed by atoms with E-state index < -0.39 is 0 Å². The maximum Gasteiger partial charge on any atom is 0.271 e. The van der Waals surface area contributed by atoms with Crippen molar-refractivity contribution in [3.05, 3.63) is 63.1 Å². The second-order valence-corrected chi connectivity index (χ2v) is 6.98. The van der Waals surface area contributed by atoms with Crippen LogP contribution in [-0.4, -0.2) is 19.0 Å². The number of fused-ring (bicyclic) bond motifs is 1. The summed E-state index contributed by atoms with van der Waals surface area (Å²) in [6, 6.07) is 13.4. The van der Waals surface area contributed by atoms with Gasteiger partial charge in [0.05, 0.1) is 4.92 Å². The molecule has 0 amide bonds. The van der Waals surface area contributed by atoms with Crippen LogP contribution in [-0.2, 0) is 6.54 Å². The van der Waals surface area contributed by atoms with Gasteiger partial charge < -0.3 is 4.90 Å². The van der Waals surface area contributed by atoms with Crippen LogP contribution >= 0.6 is 11.3 Å². The lowest BCUT2D eigenvalue weighted by molar-refractivity contribution is -0.665. The van der Waals surface area contributed by atoms with Crippen molar-refractivity contribution in [2.45, 2.75) is 13.5 Å². The number of anilines is 1. The summed E-state index contributed by atoms with van der Waals surface area (Å²) in [5, 5.41) is 12.1. The van der Waals surface area contributed by atoms with Crippen LogP contribution in [0.5, 0.6) is 0 Å². The van der Waals surface area contributed by atoms with Gasteiger partial charge in [-0.3, -0.25) is 10.1 Å². The van der Waals surface area contributed by atoms with E-state index >= 15 is 0 Å². The van der Waals surface area contributed by atoms with E-state index in [9.17, 15) is 10.1 Å². The largest absolute Gasteiger partial charge is 0.378 e. The van der Waals surface area contributed by atoms with Gasteiger partial charge in [0, 0.05) is 44.1 Å². The van der Waals surface area contributed by atoms with E-state index in [0.717, 1.165) is 33.0 Å². The van der Waals surface area contributed by atoms with Crippen molar-refractivity contribution < 1.29 is 9.49 Å². The first kappa shape index (κ1) is 17.1. The lowest BCUT2D eigenvalue weighted by Gasteiger charge is -2.11. The highest BCUT2D eigenvalue weighted by atomic mass is 32.1. The Bertz CT molecular complexity index is 943. The third kappa shape index (κ3) is 3.53. The molecule has 0 aliphatic rings. The summed E-state index contributed by atoms with van der Waals surface area (Å²) >= 11 is 1.57. The summed E-state index contributed by atoms with van der Waals surface area (Å²) in [7, 11) is 4.04. The van der Waals surface area contributed by atoms with Crippen LogP contribution in [0.1, 0.15) is 17.5 Å². The summed E-state index contributed by atoms with van der Waals surface area (Å²) in [4.78, 5) is 12.7. The zero-order chi connectivity index (χ0) is 18.0. The number of rotatable bonds is 5. The number of aryl methyl sites for hydroxylation is 1. The molecule has 0 aliphatic carbocycles. The molecule has 0 bridgehead atoms. The molecule has 0 atom stereocenters. The summed E-state index contributed by atoms with van der Waals surface area (Å²) in [6.45, 7) is 2.90. The minimum atomic E-state index is -0.350. The first-order valence-corrected chi connectivity index (χ1v) is 8.87. The van der Waals surface area contributed by atoms with Crippen LogP contribution in [0.3, 0.4) is 0 Å². The van der Waals surface area contributed by atoms with Crippen LogP contribution in [0.25, 0.3) is 22.4 Å². The van der Waals surface area contributed by atoms with Crippen LogP contribution in [0.4, 0.5) is 11.4 Å². The number of hydrogen-bond acceptors (Lipinski definition) is 4. The Labute approximate surface area is 150 Å². The van der Waals surface area contributed by atoms with E-state index in [1.54, 1.807) is 23.5 Å². The lowest BCUT2D eigenvalue weighted by atomic mass is 10.2. The predicted molar refractivity (Wildman–Crippen MR) is 104 cm³/mol. The highest BCUT2D eigenvalue weighted by Gasteiger charge is 2.19. The Morgan fingerprint density at radius 1 is 1.16 bits per heavy atom. The molecular formula is C19H20N3O2S+. The zero-order valence-corrected chi connectivity index (χ0v) is 15.3. The molecule has 128 valence electrons. The number of non-ortho nitro benzene ring substituents is 1. The monoisotopic (exact) mass is 354 g/mol. The standard InChI is InChI=1S/C19H20N3O2S/c1-4-21-17-11-10-16(22(23)24)13-18(17)25-19(21)12-7-14-5-8-15(9-6-14)20(2)3/h5-13H,4H2,1-3H3/q+1. The number of hydrogen-bond donors (Lipinski definition) is 0. The fraction of sp³-hybridized carbons (Fsp3) is 0.211. The average Bonchev–Trinajstić information content (AvgIpc) is 2.96. The number of nitro benzene ring substituents is 1. The number of thiazole rings is 1. The number of aromatic nitrogens is 1. The minimum Gasteiger partial charge on any atom is -0.378 e. The average molecular weight is 354 g/mol. The first-order valence-electron chi connectivity index (χ1n) is 8.06. The Balaban J connectivity index is 1.95. The van der Waals surface area contributed by atoms with Crippen molar-refractivity contribution in [1.29, 1.82) is 0 Å². The molecular weight excluding hydrogens is 334 g/mol. The second-order valence-electron chi connectivity index (χ2n) is 5.91. The summed E-state index contributed by atoms with van der Waals surface area (Å²) < 4.78 is 3.10. The van der Waals surface area contributed by atoms with Crippen LogP contribution in [0.2, 0.25) is 0 Å². The quantitative estimate of drug-likeness (QED) is 0.389. The molecule has 3 rings (SSSR count). The fourth-order valence-electron chi connectivity index (χ4n) is 2.71. The smallest absolute Gasteiger partial charge is 0.271 e. The van der Waals surface area contributed by atoms with Gasteiger partial charge >= 0.3 is 0 Å². The van der Waals surface area contributed by atoms with Gasteiger partial charge in [-0.15, -0.1) is 0 Å². The van der Waals surface area contributed by atoms with E-state index in [4.69, 9.17) is 0 Å². The van der Waals surface area contributed by atoms with E-state index in [1.165, 1.54) is 0 Å². The van der Waals surface area contributed by atoms with Crippen molar-refractivity contribution in [3.63, 3.8) is 0 Å². The van der Waals surface area contributed by atoms with Crippen LogP contribution in [0, 0.1) is 10.1 Å². The summed E-state index contributed by atoms with van der Waals surface area (Å²) in [5.41, 5.74) is 3.44. The van der Waals surface area contributed by atoms with E-state index in [2.05, 4.69) is 52.8 Å². The predicted octanol–water partition coefficient (Wildman–Crippen LogP) is 4.35. The molecule has 2 aromatic carbocycles. The third-order valence-electron chi connectivity index (χ3n) is 4.07. The van der Waals surface area contributed by atoms with E-state index in [1.807, 2.05) is 20.2 Å². The molecule has 0 fully saturated rings. The molecule has 0 N–H and O–H groups in total. The van der Waals surface area contributed by atoms with Crippen LogP contribution in [0.15, 0.2) is 42.5 Å². The molecule has 0 saturated heterocycles. The maximum atomic E-state index is 11.0. The third-order valence-corrected chi connectivity index (χ3v) is 5.18. The molecule has 0 unspecified atom stereocenters.